The first kappa shape index (κ1) is 20.6. The first-order valence-electron chi connectivity index (χ1n) is 10.1. The van der Waals surface area contributed by atoms with Crippen molar-refractivity contribution in [1.29, 1.82) is 5.26 Å². The largest absolute Gasteiger partial charge is 0.379 e. The van der Waals surface area contributed by atoms with E-state index >= 15 is 0 Å². The number of aromatic nitrogens is 8. The van der Waals surface area contributed by atoms with Gasteiger partial charge in [0, 0.05) is 6.54 Å². The van der Waals surface area contributed by atoms with Gasteiger partial charge in [-0.15, -0.1) is 0 Å². The third-order valence-corrected chi connectivity index (χ3v) is 4.76. The van der Waals surface area contributed by atoms with Crippen molar-refractivity contribution < 1.29 is 9.26 Å². The van der Waals surface area contributed by atoms with Gasteiger partial charge < -0.3 is 21.0 Å². The van der Waals surface area contributed by atoms with E-state index in [0.717, 1.165) is 22.1 Å². The Hall–Kier alpha value is -5.25. The Morgan fingerprint density at radius 2 is 1.41 bits per heavy atom. The minimum absolute atomic E-state index is 0.231. The third kappa shape index (κ3) is 4.10. The van der Waals surface area contributed by atoms with Crippen LogP contribution in [0.1, 0.15) is 6.42 Å². The van der Waals surface area contributed by atoms with Crippen molar-refractivity contribution >= 4 is 33.7 Å². The van der Waals surface area contributed by atoms with Crippen LogP contribution in [0.3, 0.4) is 0 Å². The molecule has 0 saturated heterocycles. The summed E-state index contributed by atoms with van der Waals surface area (Å²) in [5, 5.41) is 26.3. The van der Waals surface area contributed by atoms with Gasteiger partial charge in [-0.1, -0.05) is 24.3 Å². The number of para-hydroxylation sites is 4. The maximum absolute atomic E-state index is 8.51. The summed E-state index contributed by atoms with van der Waals surface area (Å²) in [7, 11) is 0. The number of fused-ring (bicyclic) bond motifs is 2. The van der Waals surface area contributed by atoms with E-state index in [4.69, 9.17) is 15.6 Å². The van der Waals surface area contributed by atoms with Gasteiger partial charge in [-0.25, -0.2) is 19.2 Å². The molecular formula is C21H17N11O2. The van der Waals surface area contributed by atoms with Gasteiger partial charge >= 0.3 is 0 Å². The molecule has 0 spiro atoms. The molecule has 4 heterocycles. The van der Waals surface area contributed by atoms with Gasteiger partial charge in [0.2, 0.25) is 5.82 Å². The molecule has 0 unspecified atom stereocenters. The smallest absolute Gasteiger partial charge is 0.202 e. The molecule has 0 aliphatic heterocycles. The zero-order chi connectivity index (χ0) is 23.3. The predicted octanol–water partition coefficient (Wildman–Crippen LogP) is 3.13. The van der Waals surface area contributed by atoms with Crippen LogP contribution in [0.4, 0.5) is 11.6 Å². The van der Waals surface area contributed by atoms with E-state index in [2.05, 4.69) is 50.5 Å². The number of hydrogen-bond acceptors (Lipinski definition) is 11. The van der Waals surface area contributed by atoms with E-state index in [-0.39, 0.29) is 5.82 Å². The van der Waals surface area contributed by atoms with E-state index in [1.165, 1.54) is 0 Å². The maximum atomic E-state index is 8.51. The van der Waals surface area contributed by atoms with Crippen molar-refractivity contribution in [2.45, 2.75) is 6.42 Å². The van der Waals surface area contributed by atoms with Gasteiger partial charge in [0.25, 0.3) is 0 Å². The third-order valence-electron chi connectivity index (χ3n) is 4.76. The number of rotatable bonds is 5. The molecular weight excluding hydrogens is 438 g/mol. The SMILES string of the molecule is N#CCCNc1nonc1-c1nc2ccccc2[nH]1.Nc1nonc1-c1nc2ccccc2[nH]1. The molecule has 0 saturated carbocycles. The molecule has 0 amide bonds. The van der Waals surface area contributed by atoms with Gasteiger partial charge in [0.05, 0.1) is 34.6 Å². The second kappa shape index (κ2) is 9.09. The molecule has 6 aromatic rings. The van der Waals surface area contributed by atoms with Crippen molar-refractivity contribution in [3.63, 3.8) is 0 Å². The average molecular weight is 455 g/mol. The number of imidazole rings is 2. The average Bonchev–Trinajstić information content (AvgIpc) is 3.64. The first-order chi connectivity index (χ1) is 16.7. The lowest BCUT2D eigenvalue weighted by molar-refractivity contribution is 0.310. The minimum atomic E-state index is 0.231. The number of benzene rings is 2. The Bertz CT molecular complexity index is 1520. The van der Waals surface area contributed by atoms with Gasteiger partial charge in [-0.2, -0.15) is 5.26 Å². The summed E-state index contributed by atoms with van der Waals surface area (Å²) < 4.78 is 9.23. The molecule has 0 fully saturated rings. The number of nitrogens with zero attached hydrogens (tertiary/aromatic N) is 7. The Morgan fingerprint density at radius 1 is 0.824 bits per heavy atom. The van der Waals surface area contributed by atoms with Crippen LogP contribution in [0.15, 0.2) is 57.8 Å². The number of nitrogen functional groups attached to an aromatic ring is 1. The monoisotopic (exact) mass is 455 g/mol. The second-order valence-corrected chi connectivity index (χ2v) is 7.00. The molecule has 0 aliphatic carbocycles. The normalized spacial score (nSPS) is 10.7. The second-order valence-electron chi connectivity index (χ2n) is 7.00. The molecule has 13 nitrogen and oxygen atoms in total. The fraction of sp³-hybridized carbons (Fsp3) is 0.0952. The number of nitriles is 1. The van der Waals surface area contributed by atoms with Crippen molar-refractivity contribution in [3.8, 4) is 29.1 Å². The molecule has 5 N–H and O–H groups in total. The van der Waals surface area contributed by atoms with E-state index < -0.39 is 0 Å². The Kier molecular flexibility index (Phi) is 5.52. The lowest BCUT2D eigenvalue weighted by atomic mass is 10.3. The number of H-pyrrole nitrogens is 2. The van der Waals surface area contributed by atoms with Gasteiger partial charge in [-0.3, -0.25) is 0 Å². The number of hydrogen-bond donors (Lipinski definition) is 4. The van der Waals surface area contributed by atoms with Gasteiger partial charge in [0.1, 0.15) is 0 Å². The summed E-state index contributed by atoms with van der Waals surface area (Å²) in [4.78, 5) is 15.0. The molecule has 0 bridgehead atoms. The van der Waals surface area contributed by atoms with Crippen LogP contribution >= 0.6 is 0 Å². The summed E-state index contributed by atoms with van der Waals surface area (Å²) in [6.45, 7) is 0.484. The van der Waals surface area contributed by atoms with Crippen molar-refractivity contribution in [1.82, 2.24) is 40.6 Å². The zero-order valence-corrected chi connectivity index (χ0v) is 17.6. The number of nitrogens with two attached hydrogens (primary N) is 1. The molecule has 0 atom stereocenters. The minimum Gasteiger partial charge on any atom is -0.379 e. The fourth-order valence-electron chi connectivity index (χ4n) is 3.19. The summed E-state index contributed by atoms with van der Waals surface area (Å²) in [5.74, 6) is 1.86. The van der Waals surface area contributed by atoms with E-state index in [0.29, 0.717) is 41.8 Å². The van der Waals surface area contributed by atoms with E-state index in [9.17, 15) is 0 Å². The highest BCUT2D eigenvalue weighted by molar-refractivity contribution is 5.81. The summed E-state index contributed by atoms with van der Waals surface area (Å²) in [6, 6.07) is 17.4. The summed E-state index contributed by atoms with van der Waals surface area (Å²) in [5.41, 5.74) is 10.1. The Morgan fingerprint density at radius 3 is 2.00 bits per heavy atom. The molecule has 168 valence electrons. The van der Waals surface area contributed by atoms with Crippen LogP contribution in [0, 0.1) is 11.3 Å². The molecule has 34 heavy (non-hydrogen) atoms. The highest BCUT2D eigenvalue weighted by atomic mass is 16.6. The van der Waals surface area contributed by atoms with Crippen LogP contribution in [0.5, 0.6) is 0 Å². The van der Waals surface area contributed by atoms with Crippen LogP contribution in [0.2, 0.25) is 0 Å². The summed E-state index contributed by atoms with van der Waals surface area (Å²) in [6.07, 6.45) is 0.381. The maximum Gasteiger partial charge on any atom is 0.202 e. The lowest BCUT2D eigenvalue weighted by Crippen LogP contribution is -2.02. The van der Waals surface area contributed by atoms with Gasteiger partial charge in [0.15, 0.2) is 28.9 Å². The number of aromatic amines is 2. The molecule has 0 radical (unpaired) electrons. The predicted molar refractivity (Wildman–Crippen MR) is 122 cm³/mol. The Labute approximate surface area is 190 Å². The van der Waals surface area contributed by atoms with Crippen LogP contribution in [-0.4, -0.2) is 47.1 Å². The van der Waals surface area contributed by atoms with Crippen LogP contribution in [-0.2, 0) is 0 Å². The number of anilines is 2. The topological polar surface area (TPSA) is 197 Å². The molecule has 6 rings (SSSR count). The highest BCUT2D eigenvalue weighted by Crippen LogP contribution is 2.24. The molecule has 2 aromatic carbocycles. The van der Waals surface area contributed by atoms with Gasteiger partial charge in [-0.05, 0) is 44.9 Å². The molecule has 13 heteroatoms. The van der Waals surface area contributed by atoms with Crippen LogP contribution < -0.4 is 11.1 Å². The fourth-order valence-corrected chi connectivity index (χ4v) is 3.19. The summed E-state index contributed by atoms with van der Waals surface area (Å²) >= 11 is 0. The van der Waals surface area contributed by atoms with Crippen molar-refractivity contribution in [2.75, 3.05) is 17.6 Å². The zero-order valence-electron chi connectivity index (χ0n) is 17.6. The Balaban J connectivity index is 0.000000145. The molecule has 0 aliphatic rings. The van der Waals surface area contributed by atoms with E-state index in [1.54, 1.807) is 0 Å². The van der Waals surface area contributed by atoms with E-state index in [1.807, 2.05) is 54.6 Å². The van der Waals surface area contributed by atoms with Crippen molar-refractivity contribution in [3.05, 3.63) is 48.5 Å². The lowest BCUT2D eigenvalue weighted by Gasteiger charge is -1.97. The standard InChI is InChI=1S/C12H10N6O.C9H7N5O/c13-6-3-7-14-11-10(17-19-18-11)12-15-8-4-1-2-5-9(8)16-12;10-8-7(13-15-14-8)9-11-5-3-1-2-4-6(5)12-9/h1-2,4-5H,3,7H2,(H,14,18)(H,15,16);1-4H,(H2,10,14)(H,11,12). The number of nitrogens with one attached hydrogen (secondary N) is 3. The quantitative estimate of drug-likeness (QED) is 0.278. The van der Waals surface area contributed by atoms with Crippen molar-refractivity contribution in [2.24, 2.45) is 0 Å². The highest BCUT2D eigenvalue weighted by Gasteiger charge is 2.16. The first-order valence-corrected chi connectivity index (χ1v) is 10.1. The molecule has 4 aromatic heterocycles. The van der Waals surface area contributed by atoms with Crippen LogP contribution in [0.25, 0.3) is 45.1 Å².